The lowest BCUT2D eigenvalue weighted by atomic mass is 10.3. The standard InChI is InChI=1S/C13H17N3O2/c1-17-11-3-2-4-12(7-11)18-9-13-15-8-10(16-13)5-6-14/h2-4,7-8H,5-6,9,14H2,1H3,(H,15,16). The number of nitrogens with two attached hydrogens (primary N) is 1. The Bertz CT molecular complexity index is 496. The molecule has 0 saturated heterocycles. The number of aromatic amines is 1. The van der Waals surface area contributed by atoms with Crippen molar-refractivity contribution in [2.75, 3.05) is 13.7 Å². The molecule has 0 spiro atoms. The normalized spacial score (nSPS) is 10.3. The quantitative estimate of drug-likeness (QED) is 0.811. The molecule has 0 fully saturated rings. The zero-order chi connectivity index (χ0) is 12.8. The average molecular weight is 247 g/mol. The minimum absolute atomic E-state index is 0.401. The highest BCUT2D eigenvalue weighted by Gasteiger charge is 2.02. The summed E-state index contributed by atoms with van der Waals surface area (Å²) in [4.78, 5) is 7.39. The van der Waals surface area contributed by atoms with Crippen molar-refractivity contribution in [2.45, 2.75) is 13.0 Å². The maximum Gasteiger partial charge on any atom is 0.146 e. The van der Waals surface area contributed by atoms with Crippen LogP contribution >= 0.6 is 0 Å². The van der Waals surface area contributed by atoms with Gasteiger partial charge in [0.25, 0.3) is 0 Å². The molecule has 18 heavy (non-hydrogen) atoms. The van der Waals surface area contributed by atoms with Crippen LogP contribution in [0.1, 0.15) is 11.5 Å². The van der Waals surface area contributed by atoms with Gasteiger partial charge in [-0.25, -0.2) is 4.98 Å². The van der Waals surface area contributed by atoms with Crippen molar-refractivity contribution in [3.05, 3.63) is 42.0 Å². The van der Waals surface area contributed by atoms with E-state index in [0.717, 1.165) is 29.4 Å². The molecule has 5 heteroatoms. The van der Waals surface area contributed by atoms with Gasteiger partial charge in [-0.15, -0.1) is 0 Å². The largest absolute Gasteiger partial charge is 0.497 e. The summed E-state index contributed by atoms with van der Waals surface area (Å²) in [5.41, 5.74) is 6.50. The summed E-state index contributed by atoms with van der Waals surface area (Å²) >= 11 is 0. The van der Waals surface area contributed by atoms with Crippen LogP contribution < -0.4 is 15.2 Å². The fourth-order valence-corrected chi connectivity index (χ4v) is 1.60. The minimum atomic E-state index is 0.401. The number of hydrogen-bond acceptors (Lipinski definition) is 4. The second-order valence-corrected chi connectivity index (χ2v) is 3.86. The maximum atomic E-state index is 5.62. The van der Waals surface area contributed by atoms with Gasteiger partial charge in [0.2, 0.25) is 0 Å². The molecule has 1 aromatic heterocycles. The topological polar surface area (TPSA) is 73.2 Å². The predicted molar refractivity (Wildman–Crippen MR) is 68.7 cm³/mol. The molecule has 2 rings (SSSR count). The Morgan fingerprint density at radius 2 is 2.17 bits per heavy atom. The van der Waals surface area contributed by atoms with Crippen LogP contribution in [0.3, 0.4) is 0 Å². The highest BCUT2D eigenvalue weighted by atomic mass is 16.5. The van der Waals surface area contributed by atoms with Crippen LogP contribution in [-0.2, 0) is 13.0 Å². The SMILES string of the molecule is COc1cccc(OCc2ncc(CCN)[nH]2)c1. The van der Waals surface area contributed by atoms with Crippen molar-refractivity contribution in [2.24, 2.45) is 5.73 Å². The van der Waals surface area contributed by atoms with Gasteiger partial charge in [0.05, 0.1) is 7.11 Å². The fourth-order valence-electron chi connectivity index (χ4n) is 1.60. The molecule has 0 saturated carbocycles. The van der Waals surface area contributed by atoms with Crippen LogP contribution in [0.25, 0.3) is 0 Å². The highest BCUT2D eigenvalue weighted by molar-refractivity contribution is 5.32. The second kappa shape index (κ2) is 6.07. The number of H-pyrrole nitrogens is 1. The van der Waals surface area contributed by atoms with E-state index < -0.39 is 0 Å². The number of rotatable bonds is 6. The van der Waals surface area contributed by atoms with Crippen molar-refractivity contribution >= 4 is 0 Å². The summed E-state index contributed by atoms with van der Waals surface area (Å²) in [6.45, 7) is 1.01. The molecule has 0 unspecified atom stereocenters. The van der Waals surface area contributed by atoms with Crippen LogP contribution in [0, 0.1) is 0 Å². The van der Waals surface area contributed by atoms with E-state index in [-0.39, 0.29) is 0 Å². The number of nitrogens with one attached hydrogen (secondary N) is 1. The number of benzene rings is 1. The van der Waals surface area contributed by atoms with Gasteiger partial charge in [-0.05, 0) is 18.7 Å². The maximum absolute atomic E-state index is 5.62. The average Bonchev–Trinajstić information content (AvgIpc) is 2.85. The number of methoxy groups -OCH3 is 1. The third-order valence-electron chi connectivity index (χ3n) is 2.51. The zero-order valence-electron chi connectivity index (χ0n) is 10.3. The molecule has 2 aromatic rings. The molecule has 0 amide bonds. The first kappa shape index (κ1) is 12.4. The Morgan fingerprint density at radius 1 is 1.33 bits per heavy atom. The number of imidazole rings is 1. The van der Waals surface area contributed by atoms with Crippen molar-refractivity contribution in [3.63, 3.8) is 0 Å². The molecule has 1 aromatic carbocycles. The third kappa shape index (κ3) is 3.24. The van der Waals surface area contributed by atoms with Crippen molar-refractivity contribution < 1.29 is 9.47 Å². The number of hydrogen-bond donors (Lipinski definition) is 2. The monoisotopic (exact) mass is 247 g/mol. The highest BCUT2D eigenvalue weighted by Crippen LogP contribution is 2.19. The molecule has 0 bridgehead atoms. The van der Waals surface area contributed by atoms with Crippen molar-refractivity contribution in [1.82, 2.24) is 9.97 Å². The molecule has 3 N–H and O–H groups in total. The molecule has 1 heterocycles. The molecular weight excluding hydrogens is 230 g/mol. The Morgan fingerprint density at radius 3 is 2.94 bits per heavy atom. The Hall–Kier alpha value is -2.01. The Balaban J connectivity index is 1.93. The molecule has 0 aliphatic heterocycles. The van der Waals surface area contributed by atoms with E-state index in [9.17, 15) is 0 Å². The van der Waals surface area contributed by atoms with E-state index in [0.29, 0.717) is 13.2 Å². The predicted octanol–water partition coefficient (Wildman–Crippen LogP) is 1.50. The van der Waals surface area contributed by atoms with Crippen LogP contribution in [0.15, 0.2) is 30.5 Å². The van der Waals surface area contributed by atoms with Gasteiger partial charge in [0.15, 0.2) is 0 Å². The van der Waals surface area contributed by atoms with Crippen molar-refractivity contribution in [1.29, 1.82) is 0 Å². The number of aromatic nitrogens is 2. The molecule has 5 nitrogen and oxygen atoms in total. The minimum Gasteiger partial charge on any atom is -0.497 e. The second-order valence-electron chi connectivity index (χ2n) is 3.86. The van der Waals surface area contributed by atoms with Gasteiger partial charge in [-0.1, -0.05) is 6.07 Å². The van der Waals surface area contributed by atoms with E-state index in [2.05, 4.69) is 9.97 Å². The van der Waals surface area contributed by atoms with Crippen LogP contribution in [0.5, 0.6) is 11.5 Å². The summed E-state index contributed by atoms with van der Waals surface area (Å²) in [7, 11) is 1.63. The van der Waals surface area contributed by atoms with Gasteiger partial charge in [0, 0.05) is 24.4 Å². The van der Waals surface area contributed by atoms with E-state index in [4.69, 9.17) is 15.2 Å². The summed E-state index contributed by atoms with van der Waals surface area (Å²) in [6.07, 6.45) is 2.59. The molecule has 0 aliphatic carbocycles. The van der Waals surface area contributed by atoms with Gasteiger partial charge in [-0.3, -0.25) is 0 Å². The van der Waals surface area contributed by atoms with E-state index >= 15 is 0 Å². The lowest BCUT2D eigenvalue weighted by Gasteiger charge is -2.05. The Labute approximate surface area is 106 Å². The molecule has 0 radical (unpaired) electrons. The van der Waals surface area contributed by atoms with Gasteiger partial charge >= 0.3 is 0 Å². The first-order valence-electron chi connectivity index (χ1n) is 5.81. The van der Waals surface area contributed by atoms with Gasteiger partial charge in [-0.2, -0.15) is 0 Å². The van der Waals surface area contributed by atoms with Gasteiger partial charge in [0.1, 0.15) is 23.9 Å². The van der Waals surface area contributed by atoms with Gasteiger partial charge < -0.3 is 20.2 Å². The zero-order valence-corrected chi connectivity index (χ0v) is 10.3. The summed E-state index contributed by atoms with van der Waals surface area (Å²) in [5.74, 6) is 2.32. The Kier molecular flexibility index (Phi) is 4.20. The third-order valence-corrected chi connectivity index (χ3v) is 2.51. The van der Waals surface area contributed by atoms with Crippen LogP contribution in [0.2, 0.25) is 0 Å². The summed E-state index contributed by atoms with van der Waals surface area (Å²) in [5, 5.41) is 0. The van der Waals surface area contributed by atoms with E-state index in [1.54, 1.807) is 13.3 Å². The molecular formula is C13H17N3O2. The smallest absolute Gasteiger partial charge is 0.146 e. The lowest BCUT2D eigenvalue weighted by Crippen LogP contribution is -2.03. The lowest BCUT2D eigenvalue weighted by molar-refractivity contribution is 0.294. The summed E-state index contributed by atoms with van der Waals surface area (Å²) < 4.78 is 10.7. The molecule has 96 valence electrons. The summed E-state index contributed by atoms with van der Waals surface area (Å²) in [6, 6.07) is 7.48. The molecule has 0 atom stereocenters. The first-order valence-corrected chi connectivity index (χ1v) is 5.81. The van der Waals surface area contributed by atoms with E-state index in [1.165, 1.54) is 0 Å². The van der Waals surface area contributed by atoms with E-state index in [1.807, 2.05) is 24.3 Å². The fraction of sp³-hybridized carbons (Fsp3) is 0.308. The molecule has 0 aliphatic rings. The van der Waals surface area contributed by atoms with Crippen LogP contribution in [-0.4, -0.2) is 23.6 Å². The van der Waals surface area contributed by atoms with Crippen LogP contribution in [0.4, 0.5) is 0 Å². The number of nitrogens with zero attached hydrogens (tertiary/aromatic N) is 1. The van der Waals surface area contributed by atoms with Crippen molar-refractivity contribution in [3.8, 4) is 11.5 Å². The first-order chi connectivity index (χ1) is 8.81. The number of ether oxygens (including phenoxy) is 2.